The summed E-state index contributed by atoms with van der Waals surface area (Å²) in [5, 5.41) is 23.0. The third-order valence-electron chi connectivity index (χ3n) is 8.54. The Labute approximate surface area is 253 Å². The standard InChI is InChI=1S/C30H35BINO6S/c1-4-17(11-18-12-23(32)28(34)25(13-18)38-3)8-9-24-26-19(5-2)14-21-27(22(26)15-31(37)39-24)30(36)33(29(21)35)16-20-7-6-10-40-20/h6-7,10-13,21-22,24,27,34,37H,4-5,8-9,14-16H2,1-3H3/b17-11+/t21-,22+,24-,27-/m1/s1. The van der Waals surface area contributed by atoms with Crippen LogP contribution in [0.15, 0.2) is 46.4 Å². The van der Waals surface area contributed by atoms with Crippen LogP contribution in [-0.2, 0) is 20.8 Å². The molecule has 0 spiro atoms. The van der Waals surface area contributed by atoms with Crippen molar-refractivity contribution < 1.29 is 29.1 Å². The van der Waals surface area contributed by atoms with Crippen molar-refractivity contribution in [2.75, 3.05) is 7.11 Å². The molecule has 2 aliphatic heterocycles. The first-order chi connectivity index (χ1) is 19.2. The van der Waals surface area contributed by atoms with Crippen molar-refractivity contribution in [2.45, 2.75) is 64.9 Å². The highest BCUT2D eigenvalue weighted by molar-refractivity contribution is 14.1. The van der Waals surface area contributed by atoms with Crippen molar-refractivity contribution in [2.24, 2.45) is 17.8 Å². The minimum atomic E-state index is -0.971. The first-order valence-corrected chi connectivity index (χ1v) is 15.9. The molecular formula is C30H35BINO6S. The van der Waals surface area contributed by atoms with Gasteiger partial charge in [0.1, 0.15) is 0 Å². The number of hydrogen-bond acceptors (Lipinski definition) is 7. The number of likely N-dealkylation sites (tertiary alicyclic amines) is 1. The zero-order chi connectivity index (χ0) is 28.6. The van der Waals surface area contributed by atoms with E-state index in [2.05, 4.69) is 42.5 Å². The fraction of sp³-hybridized carbons (Fsp3) is 0.467. The maximum absolute atomic E-state index is 13.7. The summed E-state index contributed by atoms with van der Waals surface area (Å²) >= 11 is 3.65. The quantitative estimate of drug-likeness (QED) is 0.146. The second-order valence-corrected chi connectivity index (χ2v) is 13.0. The topological polar surface area (TPSA) is 96.3 Å². The Balaban J connectivity index is 1.39. The number of carbonyl (C=O) groups excluding carboxylic acids is 2. The molecule has 212 valence electrons. The normalized spacial score (nSPS) is 25.0. The van der Waals surface area contributed by atoms with Gasteiger partial charge < -0.3 is 19.5 Å². The predicted octanol–water partition coefficient (Wildman–Crippen LogP) is 6.05. The third kappa shape index (κ3) is 5.64. The van der Waals surface area contributed by atoms with E-state index in [4.69, 9.17) is 9.39 Å². The average molecular weight is 675 g/mol. The first kappa shape index (κ1) is 29.4. The van der Waals surface area contributed by atoms with Crippen molar-refractivity contribution >= 4 is 58.9 Å². The van der Waals surface area contributed by atoms with Crippen LogP contribution in [0.5, 0.6) is 11.5 Å². The molecule has 4 atom stereocenters. The zero-order valence-corrected chi connectivity index (χ0v) is 26.0. The van der Waals surface area contributed by atoms with E-state index in [9.17, 15) is 19.7 Å². The summed E-state index contributed by atoms with van der Waals surface area (Å²) < 4.78 is 12.2. The number of imide groups is 1. The summed E-state index contributed by atoms with van der Waals surface area (Å²) in [4.78, 5) is 29.6. The van der Waals surface area contributed by atoms with E-state index in [1.807, 2.05) is 29.6 Å². The number of phenols is 1. The number of nitrogens with zero attached hydrogens (tertiary/aromatic N) is 1. The van der Waals surface area contributed by atoms with E-state index in [1.54, 1.807) is 18.4 Å². The lowest BCUT2D eigenvalue weighted by Gasteiger charge is -2.43. The molecule has 5 rings (SSSR count). The molecule has 0 saturated carbocycles. The van der Waals surface area contributed by atoms with E-state index < -0.39 is 13.0 Å². The summed E-state index contributed by atoms with van der Waals surface area (Å²) in [6.07, 6.45) is 5.80. The maximum atomic E-state index is 13.7. The molecule has 2 amide bonds. The molecule has 2 N–H and O–H groups in total. The number of phenolic OH excluding ortho intramolecular Hbond substituents is 1. The zero-order valence-electron chi connectivity index (χ0n) is 23.1. The number of halogens is 1. The molecule has 2 fully saturated rings. The highest BCUT2D eigenvalue weighted by atomic mass is 127. The van der Waals surface area contributed by atoms with Crippen LogP contribution in [0, 0.1) is 21.3 Å². The molecule has 0 unspecified atom stereocenters. The number of methoxy groups -OCH3 is 1. The lowest BCUT2D eigenvalue weighted by Crippen LogP contribution is -2.46. The lowest BCUT2D eigenvalue weighted by atomic mass is 9.58. The van der Waals surface area contributed by atoms with Gasteiger partial charge in [-0.2, -0.15) is 0 Å². The molecule has 7 nitrogen and oxygen atoms in total. The maximum Gasteiger partial charge on any atom is 0.455 e. The van der Waals surface area contributed by atoms with Crippen LogP contribution in [0.1, 0.15) is 56.4 Å². The fourth-order valence-electron chi connectivity index (χ4n) is 6.62. The molecule has 0 radical (unpaired) electrons. The van der Waals surface area contributed by atoms with E-state index in [-0.39, 0.29) is 35.5 Å². The summed E-state index contributed by atoms with van der Waals surface area (Å²) in [5.41, 5.74) is 4.49. The van der Waals surface area contributed by atoms with Crippen LogP contribution in [0.4, 0.5) is 0 Å². The van der Waals surface area contributed by atoms with Crippen molar-refractivity contribution in [3.63, 3.8) is 0 Å². The van der Waals surface area contributed by atoms with Crippen LogP contribution in [-0.4, -0.2) is 47.2 Å². The number of benzene rings is 1. The molecule has 40 heavy (non-hydrogen) atoms. The molecule has 3 aliphatic rings. The molecule has 1 aromatic heterocycles. The van der Waals surface area contributed by atoms with Crippen LogP contribution in [0.25, 0.3) is 6.08 Å². The minimum absolute atomic E-state index is 0.0823. The Bertz CT molecular complexity index is 1340. The Morgan fingerprint density at radius 3 is 2.75 bits per heavy atom. The minimum Gasteiger partial charge on any atom is -0.504 e. The van der Waals surface area contributed by atoms with Gasteiger partial charge in [0, 0.05) is 4.88 Å². The number of fused-ring (bicyclic) bond motifs is 3. The Hall–Kier alpha value is -2.15. The third-order valence-corrected chi connectivity index (χ3v) is 10.2. The Morgan fingerprint density at radius 2 is 2.08 bits per heavy atom. The number of amides is 2. The smallest absolute Gasteiger partial charge is 0.455 e. The summed E-state index contributed by atoms with van der Waals surface area (Å²) in [6, 6.07) is 7.64. The van der Waals surface area contributed by atoms with Crippen LogP contribution >= 0.6 is 33.9 Å². The second-order valence-electron chi connectivity index (χ2n) is 10.8. The van der Waals surface area contributed by atoms with Gasteiger partial charge in [0.05, 0.1) is 35.2 Å². The number of aromatic hydroxyl groups is 1. The van der Waals surface area contributed by atoms with E-state index in [0.717, 1.165) is 38.8 Å². The van der Waals surface area contributed by atoms with Crippen LogP contribution < -0.4 is 4.74 Å². The van der Waals surface area contributed by atoms with Gasteiger partial charge in [-0.3, -0.25) is 14.5 Å². The molecule has 10 heteroatoms. The number of thiophene rings is 1. The lowest BCUT2D eigenvalue weighted by molar-refractivity contribution is -0.140. The van der Waals surface area contributed by atoms with Crippen molar-refractivity contribution in [1.29, 1.82) is 0 Å². The van der Waals surface area contributed by atoms with E-state index in [0.29, 0.717) is 31.5 Å². The van der Waals surface area contributed by atoms with Crippen molar-refractivity contribution in [1.82, 2.24) is 4.90 Å². The van der Waals surface area contributed by atoms with Crippen molar-refractivity contribution in [3.05, 3.63) is 60.4 Å². The highest BCUT2D eigenvalue weighted by Crippen LogP contribution is 2.51. The van der Waals surface area contributed by atoms with Gasteiger partial charge in [0.15, 0.2) is 11.5 Å². The molecule has 1 aliphatic carbocycles. The molecule has 2 saturated heterocycles. The summed E-state index contributed by atoms with van der Waals surface area (Å²) in [6.45, 7) is 4.53. The van der Waals surface area contributed by atoms with E-state index in [1.165, 1.54) is 16.0 Å². The Morgan fingerprint density at radius 1 is 1.27 bits per heavy atom. The second kappa shape index (κ2) is 12.4. The SMILES string of the molecule is CCC1=C2[C@@H](CC/C(=C/c3cc(I)c(O)c(OC)c3)CC)OB(O)C[C@@H]2[C@@H]2C(=O)N(Cc3cccs3)C(=O)[C@@H]2C1. The number of hydrogen-bond donors (Lipinski definition) is 2. The average Bonchev–Trinajstić information content (AvgIpc) is 3.54. The van der Waals surface area contributed by atoms with Crippen LogP contribution in [0.3, 0.4) is 0 Å². The van der Waals surface area contributed by atoms with Gasteiger partial charge in [-0.1, -0.05) is 37.1 Å². The highest BCUT2D eigenvalue weighted by Gasteiger charge is 2.57. The van der Waals surface area contributed by atoms with Gasteiger partial charge in [-0.25, -0.2) is 0 Å². The number of rotatable bonds is 9. The van der Waals surface area contributed by atoms with E-state index >= 15 is 0 Å². The van der Waals surface area contributed by atoms with Gasteiger partial charge in [-0.05, 0) is 102 Å². The summed E-state index contributed by atoms with van der Waals surface area (Å²) in [5.74, 6) is -0.609. The number of ether oxygens (including phenoxy) is 1. The predicted molar refractivity (Wildman–Crippen MR) is 165 cm³/mol. The van der Waals surface area contributed by atoms with Crippen LogP contribution in [0.2, 0.25) is 6.32 Å². The van der Waals surface area contributed by atoms with Gasteiger partial charge in [-0.15, -0.1) is 11.3 Å². The van der Waals surface area contributed by atoms with Gasteiger partial charge >= 0.3 is 7.12 Å². The molecule has 3 heterocycles. The van der Waals surface area contributed by atoms with Gasteiger partial charge in [0.25, 0.3) is 0 Å². The summed E-state index contributed by atoms with van der Waals surface area (Å²) in [7, 11) is 0.570. The number of allylic oxidation sites excluding steroid dienone is 2. The molecule has 1 aromatic carbocycles. The number of carbonyl (C=O) groups is 2. The first-order valence-electron chi connectivity index (χ1n) is 13.9. The Kier molecular flexibility index (Phi) is 9.09. The molecule has 0 bridgehead atoms. The molecular weight excluding hydrogens is 640 g/mol. The largest absolute Gasteiger partial charge is 0.504 e. The monoisotopic (exact) mass is 675 g/mol. The molecule has 2 aromatic rings. The fourth-order valence-corrected chi connectivity index (χ4v) is 7.94. The van der Waals surface area contributed by atoms with Gasteiger partial charge in [0.2, 0.25) is 11.8 Å². The van der Waals surface area contributed by atoms with Crippen molar-refractivity contribution in [3.8, 4) is 11.5 Å².